The summed E-state index contributed by atoms with van der Waals surface area (Å²) in [4.78, 5) is 17.7. The second kappa shape index (κ2) is 10.1. The molecule has 3 aromatic rings. The van der Waals surface area contributed by atoms with Crippen LogP contribution in [0.15, 0.2) is 78.0 Å². The lowest BCUT2D eigenvalue weighted by molar-refractivity contribution is 0.0514. The molecule has 0 amide bonds. The van der Waals surface area contributed by atoms with Crippen molar-refractivity contribution in [1.82, 2.24) is 0 Å². The zero-order valence-electron chi connectivity index (χ0n) is 17.0. The highest BCUT2D eigenvalue weighted by Crippen LogP contribution is 2.27. The van der Waals surface area contributed by atoms with Crippen molar-refractivity contribution >= 4 is 11.8 Å². The van der Waals surface area contributed by atoms with Crippen LogP contribution in [0.4, 0.5) is 0 Å². The summed E-state index contributed by atoms with van der Waals surface area (Å²) < 4.78 is 10.5. The van der Waals surface area contributed by atoms with E-state index >= 15 is 0 Å². The Bertz CT molecular complexity index is 1030. The van der Waals surface area contributed by atoms with E-state index in [1.165, 1.54) is 12.7 Å². The lowest BCUT2D eigenvalue weighted by atomic mass is 10.00. The predicted molar refractivity (Wildman–Crippen MR) is 116 cm³/mol. The van der Waals surface area contributed by atoms with Crippen molar-refractivity contribution in [3.8, 4) is 11.5 Å². The van der Waals surface area contributed by atoms with Crippen molar-refractivity contribution < 1.29 is 19.1 Å². The Morgan fingerprint density at radius 1 is 0.867 bits per heavy atom. The molecule has 30 heavy (non-hydrogen) atoms. The molecule has 6 heteroatoms. The van der Waals surface area contributed by atoms with Gasteiger partial charge < -0.3 is 20.0 Å². The molecule has 0 spiro atoms. The fourth-order valence-corrected chi connectivity index (χ4v) is 3.05. The SMILES string of the molecule is COc1ccc(/C(N)=N/OC(=O)c2ccccc2CCc2ccccc2)cc1OC. The van der Waals surface area contributed by atoms with Crippen molar-refractivity contribution in [3.63, 3.8) is 0 Å². The fraction of sp³-hybridized carbons (Fsp3) is 0.167. The molecule has 0 aliphatic heterocycles. The number of benzene rings is 3. The highest BCUT2D eigenvalue weighted by molar-refractivity contribution is 5.98. The van der Waals surface area contributed by atoms with Gasteiger partial charge >= 0.3 is 5.97 Å². The van der Waals surface area contributed by atoms with Crippen LogP contribution < -0.4 is 15.2 Å². The number of amidine groups is 1. The number of rotatable bonds is 8. The first kappa shape index (κ1) is 20.9. The maximum absolute atomic E-state index is 12.6. The summed E-state index contributed by atoms with van der Waals surface area (Å²) in [5.74, 6) is 0.581. The highest BCUT2D eigenvalue weighted by atomic mass is 16.7. The lowest BCUT2D eigenvalue weighted by Gasteiger charge is -2.09. The molecule has 0 atom stereocenters. The Hall–Kier alpha value is -3.80. The molecule has 3 aromatic carbocycles. The van der Waals surface area contributed by atoms with Crippen LogP contribution in [0.3, 0.4) is 0 Å². The minimum absolute atomic E-state index is 0.0612. The van der Waals surface area contributed by atoms with E-state index in [-0.39, 0.29) is 5.84 Å². The number of carbonyl (C=O) groups is 1. The Labute approximate surface area is 175 Å². The molecule has 0 unspecified atom stereocenters. The number of carbonyl (C=O) groups excluding carboxylic acids is 1. The normalized spacial score (nSPS) is 11.1. The van der Waals surface area contributed by atoms with E-state index in [9.17, 15) is 4.79 Å². The average molecular weight is 404 g/mol. The van der Waals surface area contributed by atoms with Gasteiger partial charge in [-0.2, -0.15) is 0 Å². The van der Waals surface area contributed by atoms with Gasteiger partial charge in [-0.1, -0.05) is 53.7 Å². The van der Waals surface area contributed by atoms with Crippen molar-refractivity contribution in [2.75, 3.05) is 14.2 Å². The third kappa shape index (κ3) is 5.17. The Balaban J connectivity index is 1.71. The molecular weight excluding hydrogens is 380 g/mol. The number of ether oxygens (including phenoxy) is 2. The molecule has 0 saturated carbocycles. The zero-order valence-corrected chi connectivity index (χ0v) is 17.0. The average Bonchev–Trinajstić information content (AvgIpc) is 2.81. The number of nitrogens with two attached hydrogens (primary N) is 1. The van der Waals surface area contributed by atoms with E-state index in [0.29, 0.717) is 29.0 Å². The first-order valence-corrected chi connectivity index (χ1v) is 9.51. The molecule has 0 aliphatic carbocycles. The van der Waals surface area contributed by atoms with E-state index in [1.807, 2.05) is 30.3 Å². The number of methoxy groups -OCH3 is 2. The van der Waals surface area contributed by atoms with Crippen molar-refractivity contribution in [2.24, 2.45) is 10.9 Å². The summed E-state index contributed by atoms with van der Waals surface area (Å²) in [6.45, 7) is 0. The van der Waals surface area contributed by atoms with Crippen LogP contribution in [-0.2, 0) is 17.7 Å². The Morgan fingerprint density at radius 3 is 2.30 bits per heavy atom. The molecule has 0 saturated heterocycles. The maximum Gasteiger partial charge on any atom is 0.366 e. The van der Waals surface area contributed by atoms with E-state index < -0.39 is 5.97 Å². The van der Waals surface area contributed by atoms with Gasteiger partial charge in [0, 0.05) is 5.56 Å². The molecule has 154 valence electrons. The summed E-state index contributed by atoms with van der Waals surface area (Å²) in [6, 6.07) is 22.5. The van der Waals surface area contributed by atoms with Gasteiger partial charge in [0.05, 0.1) is 19.8 Å². The van der Waals surface area contributed by atoms with Gasteiger partial charge in [0.25, 0.3) is 0 Å². The molecule has 6 nitrogen and oxygen atoms in total. The summed E-state index contributed by atoms with van der Waals surface area (Å²) in [7, 11) is 3.08. The molecular formula is C24H24N2O4. The molecule has 0 heterocycles. The Kier molecular flexibility index (Phi) is 7.05. The van der Waals surface area contributed by atoms with E-state index in [4.69, 9.17) is 20.0 Å². The van der Waals surface area contributed by atoms with E-state index in [2.05, 4.69) is 17.3 Å². The summed E-state index contributed by atoms with van der Waals surface area (Å²) >= 11 is 0. The standard InChI is InChI=1S/C24H24N2O4/c1-28-21-15-14-19(16-22(21)29-2)23(25)26-30-24(27)20-11-7-6-10-18(20)13-12-17-8-4-3-5-9-17/h3-11,14-16H,12-13H2,1-2H3,(H2,25,26). The maximum atomic E-state index is 12.6. The second-order valence-electron chi connectivity index (χ2n) is 6.57. The van der Waals surface area contributed by atoms with Crippen LogP contribution in [0.1, 0.15) is 27.0 Å². The lowest BCUT2D eigenvalue weighted by Crippen LogP contribution is -2.16. The molecule has 0 aromatic heterocycles. The van der Waals surface area contributed by atoms with Gasteiger partial charge in [-0.25, -0.2) is 4.79 Å². The topological polar surface area (TPSA) is 83.1 Å². The highest BCUT2D eigenvalue weighted by Gasteiger charge is 2.14. The van der Waals surface area contributed by atoms with E-state index in [1.54, 1.807) is 37.4 Å². The van der Waals surface area contributed by atoms with Gasteiger partial charge in [-0.15, -0.1) is 0 Å². The van der Waals surface area contributed by atoms with Crippen LogP contribution >= 0.6 is 0 Å². The van der Waals surface area contributed by atoms with Crippen LogP contribution in [-0.4, -0.2) is 26.0 Å². The minimum Gasteiger partial charge on any atom is -0.493 e. The van der Waals surface area contributed by atoms with Gasteiger partial charge in [-0.05, 0) is 48.2 Å². The molecule has 2 N–H and O–H groups in total. The number of oxime groups is 1. The van der Waals surface area contributed by atoms with Crippen LogP contribution in [0.5, 0.6) is 11.5 Å². The third-order valence-corrected chi connectivity index (χ3v) is 4.67. The van der Waals surface area contributed by atoms with Crippen LogP contribution in [0.25, 0.3) is 0 Å². The number of hydrogen-bond acceptors (Lipinski definition) is 5. The summed E-state index contributed by atoms with van der Waals surface area (Å²) in [6.07, 6.45) is 1.53. The van der Waals surface area contributed by atoms with Crippen molar-refractivity contribution in [1.29, 1.82) is 0 Å². The van der Waals surface area contributed by atoms with Crippen LogP contribution in [0.2, 0.25) is 0 Å². The summed E-state index contributed by atoms with van der Waals surface area (Å²) in [5.41, 5.74) is 9.11. The van der Waals surface area contributed by atoms with Crippen LogP contribution in [0, 0.1) is 0 Å². The quantitative estimate of drug-likeness (QED) is 0.266. The fourth-order valence-electron chi connectivity index (χ4n) is 3.05. The Morgan fingerprint density at radius 2 is 1.57 bits per heavy atom. The third-order valence-electron chi connectivity index (χ3n) is 4.67. The molecule has 0 fully saturated rings. The molecule has 3 rings (SSSR count). The van der Waals surface area contributed by atoms with Gasteiger partial charge in [0.1, 0.15) is 0 Å². The number of nitrogens with zero attached hydrogens (tertiary/aromatic N) is 1. The molecule has 0 radical (unpaired) electrons. The number of hydrogen-bond donors (Lipinski definition) is 1. The van der Waals surface area contributed by atoms with Gasteiger partial charge in [-0.3, -0.25) is 0 Å². The van der Waals surface area contributed by atoms with Gasteiger partial charge in [0.15, 0.2) is 17.3 Å². The first-order valence-electron chi connectivity index (χ1n) is 9.51. The predicted octanol–water partition coefficient (Wildman–Crippen LogP) is 3.97. The molecule has 0 bridgehead atoms. The first-order chi connectivity index (χ1) is 14.6. The zero-order chi connectivity index (χ0) is 21.3. The monoisotopic (exact) mass is 404 g/mol. The second-order valence-corrected chi connectivity index (χ2v) is 6.57. The largest absolute Gasteiger partial charge is 0.493 e. The van der Waals surface area contributed by atoms with Crippen molar-refractivity contribution in [2.45, 2.75) is 12.8 Å². The minimum atomic E-state index is -0.554. The summed E-state index contributed by atoms with van der Waals surface area (Å²) in [5, 5.41) is 3.81. The van der Waals surface area contributed by atoms with E-state index in [0.717, 1.165) is 12.0 Å². The van der Waals surface area contributed by atoms with Gasteiger partial charge in [0.2, 0.25) is 0 Å². The molecule has 0 aliphatic rings. The number of aryl methyl sites for hydroxylation is 2. The van der Waals surface area contributed by atoms with Crippen molar-refractivity contribution in [3.05, 3.63) is 95.1 Å². The smallest absolute Gasteiger partial charge is 0.366 e.